The number of nitrogens with one attached hydrogen (secondary N) is 1. The van der Waals surface area contributed by atoms with Crippen molar-refractivity contribution in [2.24, 2.45) is 5.92 Å². The van der Waals surface area contributed by atoms with Gasteiger partial charge in [0.1, 0.15) is 5.00 Å². The summed E-state index contributed by atoms with van der Waals surface area (Å²) in [6.07, 6.45) is 2.61. The topological polar surface area (TPSA) is 28.2 Å². The zero-order valence-corrected chi connectivity index (χ0v) is 11.5. The van der Waals surface area contributed by atoms with Crippen molar-refractivity contribution in [2.75, 3.05) is 32.0 Å². The average Bonchev–Trinajstić information content (AvgIpc) is 2.82. The van der Waals surface area contributed by atoms with Crippen LogP contribution in [0.2, 0.25) is 0 Å². The Morgan fingerprint density at radius 1 is 1.33 bits per heavy atom. The summed E-state index contributed by atoms with van der Waals surface area (Å²) < 4.78 is 4.47. The van der Waals surface area contributed by atoms with E-state index in [0.29, 0.717) is 0 Å². The Bertz CT molecular complexity index is 514. The molecule has 2 heterocycles. The molecule has 1 N–H and O–H groups in total. The molecular weight excluding hydrogens is 242 g/mol. The van der Waals surface area contributed by atoms with E-state index < -0.39 is 0 Å². The van der Waals surface area contributed by atoms with Gasteiger partial charge in [-0.25, -0.2) is 0 Å². The van der Waals surface area contributed by atoms with Gasteiger partial charge in [-0.05, 0) is 62.6 Å². The summed E-state index contributed by atoms with van der Waals surface area (Å²) in [5.41, 5.74) is 1.10. The highest BCUT2D eigenvalue weighted by Crippen LogP contribution is 2.28. The highest BCUT2D eigenvalue weighted by Gasteiger charge is 2.16. The highest BCUT2D eigenvalue weighted by molar-refractivity contribution is 7.11. The molecule has 1 aliphatic rings. The van der Waals surface area contributed by atoms with Crippen LogP contribution < -0.4 is 5.32 Å². The summed E-state index contributed by atoms with van der Waals surface area (Å²) in [6.45, 7) is 3.55. The monoisotopic (exact) mass is 261 g/mol. The summed E-state index contributed by atoms with van der Waals surface area (Å²) in [4.78, 5) is 2.42. The van der Waals surface area contributed by atoms with E-state index in [2.05, 4.69) is 39.8 Å². The summed E-state index contributed by atoms with van der Waals surface area (Å²) in [5.74, 6) is 0.807. The van der Waals surface area contributed by atoms with Crippen molar-refractivity contribution in [3.63, 3.8) is 0 Å². The number of anilines is 1. The van der Waals surface area contributed by atoms with Gasteiger partial charge in [0, 0.05) is 11.9 Å². The Kier molecular flexibility index (Phi) is 3.48. The molecule has 1 aliphatic heterocycles. The van der Waals surface area contributed by atoms with Crippen LogP contribution in [0.25, 0.3) is 10.9 Å². The number of aromatic nitrogens is 1. The molecule has 0 atom stereocenters. The SMILES string of the molecule is CN1CCC(CNc2snc3ccccc23)CC1. The lowest BCUT2D eigenvalue weighted by atomic mass is 9.97. The third kappa shape index (κ3) is 2.49. The van der Waals surface area contributed by atoms with Gasteiger partial charge >= 0.3 is 0 Å². The molecule has 2 aromatic rings. The maximum atomic E-state index is 4.47. The number of nitrogens with zero attached hydrogens (tertiary/aromatic N) is 2. The van der Waals surface area contributed by atoms with E-state index in [9.17, 15) is 0 Å². The van der Waals surface area contributed by atoms with Crippen molar-refractivity contribution in [1.82, 2.24) is 9.27 Å². The fourth-order valence-electron chi connectivity index (χ4n) is 2.52. The second-order valence-corrected chi connectivity index (χ2v) is 5.93. The molecule has 0 spiro atoms. The van der Waals surface area contributed by atoms with Crippen LogP contribution in [0.4, 0.5) is 5.00 Å². The standard InChI is InChI=1S/C14H19N3S/c1-17-8-6-11(7-9-17)10-15-14-12-4-2-3-5-13(12)16-18-14/h2-5,11,15H,6-10H2,1H3. The minimum Gasteiger partial charge on any atom is -0.375 e. The maximum absolute atomic E-state index is 4.47. The highest BCUT2D eigenvalue weighted by atomic mass is 32.1. The largest absolute Gasteiger partial charge is 0.375 e. The van der Waals surface area contributed by atoms with Crippen molar-refractivity contribution in [1.29, 1.82) is 0 Å². The Balaban J connectivity index is 1.63. The van der Waals surface area contributed by atoms with Crippen molar-refractivity contribution < 1.29 is 0 Å². The van der Waals surface area contributed by atoms with E-state index in [4.69, 9.17) is 0 Å². The molecule has 0 bridgehead atoms. The van der Waals surface area contributed by atoms with Crippen LogP contribution in [-0.4, -0.2) is 36.0 Å². The molecule has 0 radical (unpaired) electrons. The predicted molar refractivity (Wildman–Crippen MR) is 78.3 cm³/mol. The first-order valence-electron chi connectivity index (χ1n) is 6.60. The molecule has 0 saturated carbocycles. The molecular formula is C14H19N3S. The number of fused-ring (bicyclic) bond motifs is 1. The molecule has 1 aromatic heterocycles. The first-order chi connectivity index (χ1) is 8.83. The van der Waals surface area contributed by atoms with Gasteiger partial charge in [0.05, 0.1) is 5.52 Å². The van der Waals surface area contributed by atoms with Gasteiger partial charge in [-0.15, -0.1) is 0 Å². The third-order valence-corrected chi connectivity index (χ3v) is 4.61. The molecule has 96 valence electrons. The molecule has 0 amide bonds. The molecule has 18 heavy (non-hydrogen) atoms. The molecule has 0 aliphatic carbocycles. The molecule has 1 aromatic carbocycles. The van der Waals surface area contributed by atoms with Crippen LogP contribution in [0.3, 0.4) is 0 Å². The van der Waals surface area contributed by atoms with E-state index in [-0.39, 0.29) is 0 Å². The van der Waals surface area contributed by atoms with E-state index in [0.717, 1.165) is 18.0 Å². The Labute approximate surface area is 112 Å². The van der Waals surface area contributed by atoms with Gasteiger partial charge in [0.25, 0.3) is 0 Å². The summed E-state index contributed by atoms with van der Waals surface area (Å²) in [7, 11) is 2.21. The number of hydrogen-bond acceptors (Lipinski definition) is 4. The fraction of sp³-hybridized carbons (Fsp3) is 0.500. The maximum Gasteiger partial charge on any atom is 0.117 e. The summed E-state index contributed by atoms with van der Waals surface area (Å²) >= 11 is 1.58. The number of piperidine rings is 1. The van der Waals surface area contributed by atoms with Crippen molar-refractivity contribution in [3.8, 4) is 0 Å². The van der Waals surface area contributed by atoms with Crippen molar-refractivity contribution in [3.05, 3.63) is 24.3 Å². The van der Waals surface area contributed by atoms with Crippen molar-refractivity contribution >= 4 is 27.4 Å². The third-order valence-electron chi connectivity index (χ3n) is 3.77. The van der Waals surface area contributed by atoms with Crippen LogP contribution in [0, 0.1) is 5.92 Å². The lowest BCUT2D eigenvalue weighted by Gasteiger charge is -2.29. The zero-order chi connectivity index (χ0) is 12.4. The van der Waals surface area contributed by atoms with Crippen LogP contribution in [0.5, 0.6) is 0 Å². The number of benzene rings is 1. The van der Waals surface area contributed by atoms with Gasteiger partial charge in [-0.1, -0.05) is 12.1 Å². The van der Waals surface area contributed by atoms with Crippen LogP contribution >= 0.6 is 11.5 Å². The van der Waals surface area contributed by atoms with E-state index in [1.165, 1.54) is 36.3 Å². The summed E-state index contributed by atoms with van der Waals surface area (Å²) in [6, 6.07) is 8.35. The van der Waals surface area contributed by atoms with E-state index >= 15 is 0 Å². The predicted octanol–water partition coefficient (Wildman–Crippen LogP) is 3.05. The lowest BCUT2D eigenvalue weighted by Crippen LogP contribution is -2.32. The second kappa shape index (κ2) is 5.24. The molecule has 1 fully saturated rings. The molecule has 0 unspecified atom stereocenters. The minimum absolute atomic E-state index is 0.807. The molecule has 4 heteroatoms. The van der Waals surface area contributed by atoms with Crippen LogP contribution in [0.1, 0.15) is 12.8 Å². The van der Waals surface area contributed by atoms with Gasteiger partial charge in [-0.2, -0.15) is 4.37 Å². The van der Waals surface area contributed by atoms with Crippen molar-refractivity contribution in [2.45, 2.75) is 12.8 Å². The summed E-state index contributed by atoms with van der Waals surface area (Å²) in [5, 5.41) is 6.08. The first-order valence-corrected chi connectivity index (χ1v) is 7.37. The molecule has 3 rings (SSSR count). The lowest BCUT2D eigenvalue weighted by molar-refractivity contribution is 0.226. The van der Waals surface area contributed by atoms with Gasteiger partial charge in [0.2, 0.25) is 0 Å². The van der Waals surface area contributed by atoms with E-state index in [1.54, 1.807) is 11.5 Å². The minimum atomic E-state index is 0.807. The molecule has 3 nitrogen and oxygen atoms in total. The fourth-order valence-corrected chi connectivity index (χ4v) is 3.29. The quantitative estimate of drug-likeness (QED) is 0.920. The van der Waals surface area contributed by atoms with Gasteiger partial charge in [-0.3, -0.25) is 0 Å². The first kappa shape index (κ1) is 11.9. The smallest absolute Gasteiger partial charge is 0.117 e. The van der Waals surface area contributed by atoms with Gasteiger partial charge < -0.3 is 10.2 Å². The van der Waals surface area contributed by atoms with Crippen LogP contribution in [0.15, 0.2) is 24.3 Å². The number of likely N-dealkylation sites (tertiary alicyclic amines) is 1. The number of hydrogen-bond donors (Lipinski definition) is 1. The Morgan fingerprint density at radius 3 is 2.94 bits per heavy atom. The van der Waals surface area contributed by atoms with Gasteiger partial charge in [0.15, 0.2) is 0 Å². The molecule has 1 saturated heterocycles. The van der Waals surface area contributed by atoms with E-state index in [1.807, 2.05) is 6.07 Å². The average molecular weight is 261 g/mol. The second-order valence-electron chi connectivity index (χ2n) is 5.16. The normalized spacial score (nSPS) is 18.3. The van der Waals surface area contributed by atoms with Crippen LogP contribution in [-0.2, 0) is 0 Å². The Hall–Kier alpha value is -1.13. The zero-order valence-electron chi connectivity index (χ0n) is 10.7. The Morgan fingerprint density at radius 2 is 2.11 bits per heavy atom. The number of rotatable bonds is 3.